The van der Waals surface area contributed by atoms with Gasteiger partial charge < -0.3 is 0 Å². The molecule has 62 valence electrons. The molecular weight excluding hydrogens is 176 g/mol. The second-order valence-corrected chi connectivity index (χ2v) is 3.85. The van der Waals surface area contributed by atoms with Crippen LogP contribution >= 0.6 is 11.3 Å². The van der Waals surface area contributed by atoms with Crippen LogP contribution in [0.25, 0.3) is 0 Å². The Morgan fingerprint density at radius 3 is 3.00 bits per heavy atom. The van der Waals surface area contributed by atoms with E-state index >= 15 is 0 Å². The van der Waals surface area contributed by atoms with Crippen molar-refractivity contribution in [2.75, 3.05) is 0 Å². The summed E-state index contributed by atoms with van der Waals surface area (Å²) in [7, 11) is 0. The minimum absolute atomic E-state index is 0.240. The molecule has 0 unspecified atom stereocenters. The van der Waals surface area contributed by atoms with E-state index in [1.807, 2.05) is 6.92 Å². The summed E-state index contributed by atoms with van der Waals surface area (Å²) in [6.07, 6.45) is 0.284. The smallest absolute Gasteiger partial charge is 0.277 e. The third-order valence-corrected chi connectivity index (χ3v) is 2.56. The average molecular weight is 182 g/mol. The first kappa shape index (κ1) is 7.42. The van der Waals surface area contributed by atoms with Crippen LogP contribution in [0.1, 0.15) is 20.4 Å². The Bertz CT molecular complexity index is 369. The summed E-state index contributed by atoms with van der Waals surface area (Å²) < 4.78 is 0. The molecule has 1 N–H and O–H groups in total. The van der Waals surface area contributed by atoms with Crippen LogP contribution in [-0.2, 0) is 11.2 Å². The van der Waals surface area contributed by atoms with Gasteiger partial charge in [-0.3, -0.25) is 14.9 Å². The molecule has 1 aromatic rings. The van der Waals surface area contributed by atoms with Crippen LogP contribution in [-0.4, -0.2) is 16.8 Å². The van der Waals surface area contributed by atoms with Crippen LogP contribution in [0, 0.1) is 6.92 Å². The zero-order valence-corrected chi connectivity index (χ0v) is 7.20. The van der Waals surface area contributed by atoms with Gasteiger partial charge in [0.1, 0.15) is 5.69 Å². The summed E-state index contributed by atoms with van der Waals surface area (Å²) in [5, 5.41) is 3.04. The van der Waals surface area contributed by atoms with Crippen molar-refractivity contribution >= 4 is 23.2 Å². The van der Waals surface area contributed by atoms with Crippen molar-refractivity contribution in [3.8, 4) is 0 Å². The lowest BCUT2D eigenvalue weighted by molar-refractivity contribution is -0.119. The highest BCUT2D eigenvalue weighted by molar-refractivity contribution is 7.12. The molecule has 2 rings (SSSR count). The van der Waals surface area contributed by atoms with Crippen LogP contribution in [0.4, 0.5) is 0 Å². The Morgan fingerprint density at radius 1 is 1.50 bits per heavy atom. The van der Waals surface area contributed by atoms with Gasteiger partial charge in [0, 0.05) is 4.88 Å². The van der Waals surface area contributed by atoms with E-state index in [1.165, 1.54) is 11.3 Å². The fourth-order valence-electron chi connectivity index (χ4n) is 1.14. The molecule has 2 amide bonds. The number of carbonyl (C=O) groups excluding carboxylic acids is 2. The lowest BCUT2D eigenvalue weighted by Crippen LogP contribution is -2.36. The van der Waals surface area contributed by atoms with Crippen LogP contribution in [0.5, 0.6) is 0 Å². The molecule has 1 aliphatic rings. The van der Waals surface area contributed by atoms with Gasteiger partial charge in [0.25, 0.3) is 5.91 Å². The maximum atomic E-state index is 11.1. The minimum atomic E-state index is -0.370. The van der Waals surface area contributed by atoms with Gasteiger partial charge >= 0.3 is 0 Å². The lowest BCUT2D eigenvalue weighted by atomic mass is 10.2. The second-order valence-electron chi connectivity index (χ2n) is 2.56. The third-order valence-electron chi connectivity index (χ3n) is 1.59. The molecule has 4 nitrogen and oxygen atoms in total. The number of aryl methyl sites for hydroxylation is 1. The molecule has 0 aromatic carbocycles. The van der Waals surface area contributed by atoms with E-state index < -0.39 is 0 Å². The number of thiazole rings is 1. The van der Waals surface area contributed by atoms with Gasteiger partial charge in [-0.15, -0.1) is 11.3 Å². The summed E-state index contributed by atoms with van der Waals surface area (Å²) in [6.45, 7) is 1.82. The van der Waals surface area contributed by atoms with Gasteiger partial charge in [-0.2, -0.15) is 0 Å². The Hall–Kier alpha value is -1.23. The molecule has 0 bridgehead atoms. The lowest BCUT2D eigenvalue weighted by Gasteiger charge is -2.07. The van der Waals surface area contributed by atoms with E-state index in [9.17, 15) is 9.59 Å². The highest BCUT2D eigenvalue weighted by Gasteiger charge is 2.25. The van der Waals surface area contributed by atoms with Crippen LogP contribution < -0.4 is 5.32 Å². The zero-order chi connectivity index (χ0) is 8.72. The van der Waals surface area contributed by atoms with E-state index in [0.29, 0.717) is 5.69 Å². The molecule has 0 saturated heterocycles. The Morgan fingerprint density at radius 2 is 2.25 bits per heavy atom. The topological polar surface area (TPSA) is 59.1 Å². The molecule has 12 heavy (non-hydrogen) atoms. The quantitative estimate of drug-likeness (QED) is 0.586. The highest BCUT2D eigenvalue weighted by atomic mass is 32.1. The average Bonchev–Trinajstić information content (AvgIpc) is 2.29. The number of hydrogen-bond acceptors (Lipinski definition) is 4. The monoisotopic (exact) mass is 182 g/mol. The first-order valence-electron chi connectivity index (χ1n) is 3.47. The van der Waals surface area contributed by atoms with Crippen molar-refractivity contribution in [3.63, 3.8) is 0 Å². The van der Waals surface area contributed by atoms with E-state index in [0.717, 1.165) is 9.88 Å². The normalized spacial score (nSPS) is 15.8. The van der Waals surface area contributed by atoms with E-state index in [2.05, 4.69) is 10.3 Å². The molecule has 0 spiro atoms. The summed E-state index contributed by atoms with van der Waals surface area (Å²) in [5.41, 5.74) is 0.414. The van der Waals surface area contributed by atoms with Gasteiger partial charge in [-0.05, 0) is 6.92 Å². The third kappa shape index (κ3) is 1.02. The maximum absolute atomic E-state index is 11.1. The Labute approximate surface area is 72.6 Å². The molecule has 0 aliphatic carbocycles. The molecule has 0 atom stereocenters. The summed E-state index contributed by atoms with van der Waals surface area (Å²) in [4.78, 5) is 26.8. The fourth-order valence-corrected chi connectivity index (χ4v) is 2.07. The molecule has 1 aliphatic heterocycles. The number of carbonyl (C=O) groups is 2. The molecule has 0 radical (unpaired) electrons. The number of amides is 2. The van der Waals surface area contributed by atoms with Crippen molar-refractivity contribution in [2.45, 2.75) is 13.3 Å². The van der Waals surface area contributed by atoms with E-state index in [-0.39, 0.29) is 18.2 Å². The highest BCUT2D eigenvalue weighted by Crippen LogP contribution is 2.20. The summed E-state index contributed by atoms with van der Waals surface area (Å²) >= 11 is 1.40. The second kappa shape index (κ2) is 2.38. The van der Waals surface area contributed by atoms with Crippen molar-refractivity contribution in [2.24, 2.45) is 0 Å². The predicted octanol–water partition coefficient (Wildman–Crippen LogP) is 0.264. The van der Waals surface area contributed by atoms with Crippen molar-refractivity contribution in [1.29, 1.82) is 0 Å². The first-order chi connectivity index (χ1) is 5.66. The van der Waals surface area contributed by atoms with Crippen molar-refractivity contribution in [3.05, 3.63) is 15.6 Å². The number of hydrogen-bond donors (Lipinski definition) is 1. The van der Waals surface area contributed by atoms with E-state index in [4.69, 9.17) is 0 Å². The zero-order valence-electron chi connectivity index (χ0n) is 6.38. The van der Waals surface area contributed by atoms with Crippen LogP contribution in [0.2, 0.25) is 0 Å². The molecule has 1 aromatic heterocycles. The number of nitrogens with zero attached hydrogens (tertiary/aromatic N) is 1. The number of rotatable bonds is 0. The molecule has 2 heterocycles. The predicted molar refractivity (Wildman–Crippen MR) is 43.0 cm³/mol. The summed E-state index contributed by atoms with van der Waals surface area (Å²) in [6, 6.07) is 0. The van der Waals surface area contributed by atoms with Crippen molar-refractivity contribution in [1.82, 2.24) is 10.3 Å². The standard InChI is InChI=1S/C7H6N2O2S/c1-3-8-6-4(12-3)2-5(10)9-7(6)11/h2H2,1H3,(H,9,10,11). The van der Waals surface area contributed by atoms with Gasteiger partial charge in [-0.1, -0.05) is 0 Å². The van der Waals surface area contributed by atoms with Gasteiger partial charge in [-0.25, -0.2) is 4.98 Å². The number of aromatic nitrogens is 1. The molecular formula is C7H6N2O2S. The first-order valence-corrected chi connectivity index (χ1v) is 4.29. The largest absolute Gasteiger partial charge is 0.291 e. The van der Waals surface area contributed by atoms with Gasteiger partial charge in [0.05, 0.1) is 11.4 Å². The number of nitrogens with one attached hydrogen (secondary N) is 1. The van der Waals surface area contributed by atoms with Crippen molar-refractivity contribution < 1.29 is 9.59 Å². The molecule has 0 fully saturated rings. The number of imide groups is 1. The maximum Gasteiger partial charge on any atom is 0.277 e. The Kier molecular flexibility index (Phi) is 1.47. The van der Waals surface area contributed by atoms with Crippen LogP contribution in [0.15, 0.2) is 0 Å². The van der Waals surface area contributed by atoms with Gasteiger partial charge in [0.15, 0.2) is 0 Å². The van der Waals surface area contributed by atoms with Crippen LogP contribution in [0.3, 0.4) is 0 Å². The number of fused-ring (bicyclic) bond motifs is 1. The minimum Gasteiger partial charge on any atom is -0.291 e. The Balaban J connectivity index is 2.53. The fraction of sp³-hybridized carbons (Fsp3) is 0.286. The summed E-state index contributed by atoms with van der Waals surface area (Å²) in [5.74, 6) is -0.609. The molecule has 5 heteroatoms. The van der Waals surface area contributed by atoms with Gasteiger partial charge in [0.2, 0.25) is 5.91 Å². The molecule has 0 saturated carbocycles. The SMILES string of the molecule is Cc1nc2c(s1)CC(=O)NC2=O. The van der Waals surface area contributed by atoms with E-state index in [1.54, 1.807) is 0 Å².